The summed E-state index contributed by atoms with van der Waals surface area (Å²) in [5, 5.41) is 13.1. The second kappa shape index (κ2) is 4.12. The van der Waals surface area contributed by atoms with Gasteiger partial charge in [-0.05, 0) is 36.2 Å². The van der Waals surface area contributed by atoms with Crippen LogP contribution < -0.4 is 10.2 Å². The second-order valence-corrected chi connectivity index (χ2v) is 5.16. The zero-order chi connectivity index (χ0) is 14.5. The summed E-state index contributed by atoms with van der Waals surface area (Å²) in [6.07, 6.45) is -4.60. The van der Waals surface area contributed by atoms with E-state index in [9.17, 15) is 18.3 Å². The van der Waals surface area contributed by atoms with Gasteiger partial charge in [0.25, 0.3) is 5.72 Å². The molecule has 2 aliphatic heterocycles. The van der Waals surface area contributed by atoms with Gasteiger partial charge in [0.2, 0.25) is 0 Å². The van der Waals surface area contributed by atoms with E-state index in [2.05, 4.69) is 5.10 Å². The highest BCUT2D eigenvalue weighted by Crippen LogP contribution is 2.36. The normalized spacial score (nSPS) is 28.6. The number of hydrazone groups is 1. The molecule has 0 aromatic heterocycles. The van der Waals surface area contributed by atoms with E-state index >= 15 is 0 Å². The van der Waals surface area contributed by atoms with E-state index in [-0.39, 0.29) is 11.8 Å². The SMILES string of the molecule is C[C@@H]1Cc2cc(C3=NN[C@](O)(C(F)(F)F)C3)ccc2O1. The van der Waals surface area contributed by atoms with E-state index in [1.165, 1.54) is 0 Å². The minimum Gasteiger partial charge on any atom is -0.490 e. The van der Waals surface area contributed by atoms with Crippen LogP contribution in [-0.2, 0) is 6.42 Å². The van der Waals surface area contributed by atoms with Crippen molar-refractivity contribution in [1.82, 2.24) is 5.43 Å². The summed E-state index contributed by atoms with van der Waals surface area (Å²) in [5.74, 6) is 0.749. The van der Waals surface area contributed by atoms with Crippen LogP contribution in [-0.4, -0.2) is 28.8 Å². The zero-order valence-electron chi connectivity index (χ0n) is 10.7. The van der Waals surface area contributed by atoms with Gasteiger partial charge in [-0.25, -0.2) is 0 Å². The molecule has 108 valence electrons. The van der Waals surface area contributed by atoms with Crippen molar-refractivity contribution in [3.8, 4) is 5.75 Å². The van der Waals surface area contributed by atoms with Crippen molar-refractivity contribution in [3.63, 3.8) is 0 Å². The minimum absolute atomic E-state index is 0.0657. The van der Waals surface area contributed by atoms with Crippen LogP contribution in [0.3, 0.4) is 0 Å². The summed E-state index contributed by atoms with van der Waals surface area (Å²) in [6, 6.07) is 5.14. The molecular weight excluding hydrogens is 273 g/mol. The number of hydrogen-bond acceptors (Lipinski definition) is 4. The number of rotatable bonds is 1. The molecule has 1 aromatic rings. The molecule has 0 saturated heterocycles. The predicted molar refractivity (Wildman–Crippen MR) is 65.5 cm³/mol. The van der Waals surface area contributed by atoms with Crippen LogP contribution in [0, 0.1) is 0 Å². The highest BCUT2D eigenvalue weighted by molar-refractivity contribution is 6.02. The summed E-state index contributed by atoms with van der Waals surface area (Å²) in [6.45, 7) is 1.93. The lowest BCUT2D eigenvalue weighted by Crippen LogP contribution is -2.52. The molecule has 20 heavy (non-hydrogen) atoms. The van der Waals surface area contributed by atoms with E-state index in [1.54, 1.807) is 23.6 Å². The van der Waals surface area contributed by atoms with Gasteiger partial charge < -0.3 is 9.84 Å². The van der Waals surface area contributed by atoms with Crippen LogP contribution in [0.5, 0.6) is 5.75 Å². The largest absolute Gasteiger partial charge is 0.490 e. The van der Waals surface area contributed by atoms with Gasteiger partial charge in [0.1, 0.15) is 11.9 Å². The summed E-state index contributed by atoms with van der Waals surface area (Å²) >= 11 is 0. The van der Waals surface area contributed by atoms with Gasteiger partial charge in [0.05, 0.1) is 12.1 Å². The lowest BCUT2D eigenvalue weighted by molar-refractivity contribution is -0.266. The van der Waals surface area contributed by atoms with Gasteiger partial charge in [-0.15, -0.1) is 0 Å². The van der Waals surface area contributed by atoms with Crippen LogP contribution >= 0.6 is 0 Å². The molecule has 2 heterocycles. The summed E-state index contributed by atoms with van der Waals surface area (Å²) in [4.78, 5) is 0. The fraction of sp³-hybridized carbons (Fsp3) is 0.462. The van der Waals surface area contributed by atoms with Gasteiger partial charge in [-0.1, -0.05) is 0 Å². The van der Waals surface area contributed by atoms with Gasteiger partial charge in [0, 0.05) is 6.42 Å². The first kappa shape index (κ1) is 13.2. The summed E-state index contributed by atoms with van der Waals surface area (Å²) in [5.41, 5.74) is 0.500. The number of nitrogens with one attached hydrogen (secondary N) is 1. The molecule has 0 amide bonds. The number of halogens is 3. The third-order valence-electron chi connectivity index (χ3n) is 3.50. The number of aliphatic hydroxyl groups is 1. The first-order valence-corrected chi connectivity index (χ1v) is 6.21. The Morgan fingerprint density at radius 3 is 2.85 bits per heavy atom. The maximum absolute atomic E-state index is 12.7. The van der Waals surface area contributed by atoms with Crippen LogP contribution in [0.2, 0.25) is 0 Å². The molecule has 0 saturated carbocycles. The van der Waals surface area contributed by atoms with E-state index in [1.807, 2.05) is 6.92 Å². The lowest BCUT2D eigenvalue weighted by atomic mass is 9.99. The van der Waals surface area contributed by atoms with Gasteiger partial charge in [0.15, 0.2) is 0 Å². The van der Waals surface area contributed by atoms with E-state index in [4.69, 9.17) is 4.74 Å². The first-order chi connectivity index (χ1) is 9.28. The molecule has 0 spiro atoms. The Labute approximate surface area is 113 Å². The van der Waals surface area contributed by atoms with Crippen molar-refractivity contribution in [2.24, 2.45) is 5.10 Å². The quantitative estimate of drug-likeness (QED) is 0.829. The second-order valence-electron chi connectivity index (χ2n) is 5.16. The first-order valence-electron chi connectivity index (χ1n) is 6.21. The molecule has 3 rings (SSSR count). The lowest BCUT2D eigenvalue weighted by Gasteiger charge is -2.24. The molecule has 0 aliphatic carbocycles. The summed E-state index contributed by atoms with van der Waals surface area (Å²) < 4.78 is 43.6. The van der Waals surface area contributed by atoms with Crippen LogP contribution in [0.4, 0.5) is 13.2 Å². The smallest absolute Gasteiger partial charge is 0.438 e. The van der Waals surface area contributed by atoms with Crippen molar-refractivity contribution < 1.29 is 23.0 Å². The number of hydrogen-bond donors (Lipinski definition) is 2. The molecule has 2 N–H and O–H groups in total. The number of ether oxygens (including phenoxy) is 1. The van der Waals surface area contributed by atoms with Crippen molar-refractivity contribution in [3.05, 3.63) is 29.3 Å². The average molecular weight is 286 g/mol. The number of alkyl halides is 3. The molecule has 4 nitrogen and oxygen atoms in total. The Morgan fingerprint density at radius 1 is 1.45 bits per heavy atom. The standard InChI is InChI=1S/C13H13F3N2O2/c1-7-4-9-5-8(2-3-11(9)20-7)10-6-12(19,18-17-10)13(14,15)16/h2-3,5,7,18-19H,4,6H2,1H3/t7-,12-/m1/s1. The Balaban J connectivity index is 1.85. The highest BCUT2D eigenvalue weighted by Gasteiger charge is 2.57. The number of nitrogens with zero attached hydrogens (tertiary/aromatic N) is 1. The topological polar surface area (TPSA) is 53.9 Å². The van der Waals surface area contributed by atoms with E-state index in [0.29, 0.717) is 12.0 Å². The zero-order valence-corrected chi connectivity index (χ0v) is 10.7. The van der Waals surface area contributed by atoms with Crippen molar-refractivity contribution in [2.75, 3.05) is 0 Å². The average Bonchev–Trinajstić information content (AvgIpc) is 2.90. The Hall–Kier alpha value is -1.76. The third kappa shape index (κ3) is 2.02. The molecule has 2 atom stereocenters. The Kier molecular flexibility index (Phi) is 2.72. The maximum Gasteiger partial charge on any atom is 0.438 e. The summed E-state index contributed by atoms with van der Waals surface area (Å²) in [7, 11) is 0. The van der Waals surface area contributed by atoms with Gasteiger partial charge in [-0.3, -0.25) is 5.43 Å². The molecule has 1 aromatic carbocycles. The predicted octanol–water partition coefficient (Wildman–Crippen LogP) is 1.96. The molecule has 0 fully saturated rings. The molecule has 0 bridgehead atoms. The van der Waals surface area contributed by atoms with Crippen LogP contribution in [0.15, 0.2) is 23.3 Å². The molecule has 0 radical (unpaired) electrons. The van der Waals surface area contributed by atoms with Crippen molar-refractivity contribution in [2.45, 2.75) is 37.8 Å². The number of fused-ring (bicyclic) bond motifs is 1. The highest BCUT2D eigenvalue weighted by atomic mass is 19.4. The van der Waals surface area contributed by atoms with Crippen molar-refractivity contribution in [1.29, 1.82) is 0 Å². The maximum atomic E-state index is 12.7. The van der Waals surface area contributed by atoms with Crippen LogP contribution in [0.25, 0.3) is 0 Å². The molecule has 0 unspecified atom stereocenters. The van der Waals surface area contributed by atoms with Gasteiger partial charge in [-0.2, -0.15) is 18.3 Å². The monoisotopic (exact) mass is 286 g/mol. The fourth-order valence-electron chi connectivity index (χ4n) is 2.41. The minimum atomic E-state index is -4.77. The van der Waals surface area contributed by atoms with Crippen molar-refractivity contribution >= 4 is 5.71 Å². The van der Waals surface area contributed by atoms with Gasteiger partial charge >= 0.3 is 6.18 Å². The molecule has 7 heteroatoms. The van der Waals surface area contributed by atoms with E-state index < -0.39 is 18.3 Å². The third-order valence-corrected chi connectivity index (χ3v) is 3.50. The fourth-order valence-corrected chi connectivity index (χ4v) is 2.41. The molecule has 2 aliphatic rings. The molecular formula is C13H13F3N2O2. The van der Waals surface area contributed by atoms with Crippen LogP contribution in [0.1, 0.15) is 24.5 Å². The number of benzene rings is 1. The Morgan fingerprint density at radius 2 is 2.20 bits per heavy atom. The van der Waals surface area contributed by atoms with E-state index in [0.717, 1.165) is 11.3 Å². The Bertz CT molecular complexity index is 585.